The van der Waals surface area contributed by atoms with Crippen molar-refractivity contribution in [3.63, 3.8) is 0 Å². The van der Waals surface area contributed by atoms with Gasteiger partial charge in [0, 0.05) is 28.1 Å². The van der Waals surface area contributed by atoms with Gasteiger partial charge in [-0.05, 0) is 160 Å². The molecule has 2 aliphatic carbocycles. The van der Waals surface area contributed by atoms with Crippen LogP contribution in [-0.2, 0) is 16.2 Å². The standard InChI is InChI=1S/C52H57BN2O/c1-30(2)34-24-43-46-44(25-34)55(47-32(4)16-15-17-33(47)5)42-29-40-39(51(8,9)22-23-52(40,10)11)28-41(42)53(46)49-48(54(43)35-18-13-12-14-19-35)37-26-38-36(27-45(37)56-49)31(3)20-21-50(38,6)7/h12-19,24-31H,20-23H2,1-11H3/t31-/m0/s1. The fourth-order valence-corrected chi connectivity index (χ4v) is 11.1. The van der Waals surface area contributed by atoms with Gasteiger partial charge in [-0.25, -0.2) is 0 Å². The first kappa shape index (κ1) is 35.7. The molecule has 0 saturated carbocycles. The zero-order chi connectivity index (χ0) is 39.2. The lowest BCUT2D eigenvalue weighted by Crippen LogP contribution is -2.61. The van der Waals surface area contributed by atoms with Gasteiger partial charge in [0.15, 0.2) is 0 Å². The fraction of sp³-hybridized carbons (Fsp3) is 0.385. The van der Waals surface area contributed by atoms with Crippen molar-refractivity contribution >= 4 is 68.4 Å². The van der Waals surface area contributed by atoms with Gasteiger partial charge >= 0.3 is 0 Å². The number of furan rings is 1. The number of rotatable bonds is 3. The van der Waals surface area contributed by atoms with Gasteiger partial charge in [-0.3, -0.25) is 0 Å². The van der Waals surface area contributed by atoms with Crippen molar-refractivity contribution in [2.75, 3.05) is 9.80 Å². The number of hydrogen-bond acceptors (Lipinski definition) is 3. The first-order valence-corrected chi connectivity index (χ1v) is 21.3. The van der Waals surface area contributed by atoms with E-state index < -0.39 is 0 Å². The van der Waals surface area contributed by atoms with Crippen molar-refractivity contribution < 1.29 is 4.42 Å². The topological polar surface area (TPSA) is 19.6 Å². The summed E-state index contributed by atoms with van der Waals surface area (Å²) >= 11 is 0. The molecular formula is C52H57BN2O. The number of aryl methyl sites for hydroxylation is 2. The van der Waals surface area contributed by atoms with Gasteiger partial charge in [0.25, 0.3) is 6.71 Å². The summed E-state index contributed by atoms with van der Waals surface area (Å²) in [5.74, 6) is 0.847. The third kappa shape index (κ3) is 4.96. The summed E-state index contributed by atoms with van der Waals surface area (Å²) in [4.78, 5) is 5.21. The van der Waals surface area contributed by atoms with Gasteiger partial charge in [-0.1, -0.05) is 105 Å². The molecule has 0 fully saturated rings. The van der Waals surface area contributed by atoms with E-state index >= 15 is 0 Å². The van der Waals surface area contributed by atoms with Crippen LogP contribution < -0.4 is 26.4 Å². The van der Waals surface area contributed by atoms with Crippen molar-refractivity contribution in [2.24, 2.45) is 0 Å². The Labute approximate surface area is 335 Å². The van der Waals surface area contributed by atoms with Gasteiger partial charge in [0.2, 0.25) is 0 Å². The van der Waals surface area contributed by atoms with Crippen molar-refractivity contribution in [1.82, 2.24) is 0 Å². The zero-order valence-electron chi connectivity index (χ0n) is 35.4. The van der Waals surface area contributed by atoms with E-state index in [-0.39, 0.29) is 23.0 Å². The highest BCUT2D eigenvalue weighted by atomic mass is 16.3. The van der Waals surface area contributed by atoms with Gasteiger partial charge in [-0.15, -0.1) is 0 Å². The molecular weight excluding hydrogens is 679 g/mol. The highest BCUT2D eigenvalue weighted by molar-refractivity contribution is 7.00. The molecule has 6 aromatic rings. The molecule has 4 aliphatic rings. The monoisotopic (exact) mass is 736 g/mol. The second kappa shape index (κ2) is 11.9. The quantitative estimate of drug-likeness (QED) is 0.168. The molecule has 0 bridgehead atoms. The Bertz CT molecular complexity index is 2590. The van der Waals surface area contributed by atoms with E-state index in [2.05, 4.69) is 171 Å². The highest BCUT2D eigenvalue weighted by Gasteiger charge is 2.49. The van der Waals surface area contributed by atoms with E-state index in [4.69, 9.17) is 4.42 Å². The van der Waals surface area contributed by atoms with E-state index in [0.717, 1.165) is 11.2 Å². The third-order valence-corrected chi connectivity index (χ3v) is 14.6. The van der Waals surface area contributed by atoms with Crippen LogP contribution in [0, 0.1) is 13.8 Å². The first-order chi connectivity index (χ1) is 26.6. The van der Waals surface area contributed by atoms with Gasteiger partial charge in [0.05, 0.1) is 17.0 Å². The normalized spacial score (nSPS) is 19.7. The van der Waals surface area contributed by atoms with Crippen LogP contribution in [0.5, 0.6) is 0 Å². The predicted molar refractivity (Wildman–Crippen MR) is 240 cm³/mol. The van der Waals surface area contributed by atoms with Crippen LogP contribution in [0.1, 0.15) is 139 Å². The third-order valence-electron chi connectivity index (χ3n) is 14.6. The summed E-state index contributed by atoms with van der Waals surface area (Å²) < 4.78 is 7.47. The summed E-state index contributed by atoms with van der Waals surface area (Å²) in [5, 5.41) is 1.23. The SMILES string of the molecule is Cc1cccc(C)c1N1c2cc3c(cc2B2c4oc5cc6c(cc5c4N(c4ccccc4)c4cc(C(C)C)cc1c42)C(C)(C)CC[C@@H]6C)C(C)(C)CCC3(C)C. The predicted octanol–water partition coefficient (Wildman–Crippen LogP) is 12.8. The average molecular weight is 737 g/mol. The average Bonchev–Trinajstić information content (AvgIpc) is 3.53. The summed E-state index contributed by atoms with van der Waals surface area (Å²) in [7, 11) is 0. The minimum atomic E-state index is -0.0623. The Morgan fingerprint density at radius 2 is 1.29 bits per heavy atom. The molecule has 284 valence electrons. The smallest absolute Gasteiger partial charge is 0.297 e. The molecule has 2 aliphatic heterocycles. The maximum Gasteiger partial charge on any atom is 0.297 e. The minimum absolute atomic E-state index is 0.0623. The molecule has 5 aromatic carbocycles. The number of hydrogen-bond donors (Lipinski definition) is 0. The van der Waals surface area contributed by atoms with Crippen LogP contribution in [-0.4, -0.2) is 6.71 Å². The maximum absolute atomic E-state index is 7.47. The lowest BCUT2D eigenvalue weighted by Gasteiger charge is -2.47. The van der Waals surface area contributed by atoms with Gasteiger partial charge in [0.1, 0.15) is 5.58 Å². The maximum atomic E-state index is 7.47. The molecule has 0 N–H and O–H groups in total. The van der Waals surface area contributed by atoms with Crippen LogP contribution in [0.4, 0.5) is 34.1 Å². The molecule has 1 aromatic heterocycles. The van der Waals surface area contributed by atoms with E-state index in [0.29, 0.717) is 11.8 Å². The van der Waals surface area contributed by atoms with Gasteiger partial charge in [-0.2, -0.15) is 0 Å². The summed E-state index contributed by atoms with van der Waals surface area (Å²) in [6.07, 6.45) is 4.75. The number of nitrogens with zero attached hydrogens (tertiary/aromatic N) is 2. The van der Waals surface area contributed by atoms with Crippen molar-refractivity contribution in [2.45, 2.75) is 130 Å². The summed E-state index contributed by atoms with van der Waals surface area (Å²) in [6, 6.07) is 33.1. The molecule has 1 atom stereocenters. The van der Waals surface area contributed by atoms with Crippen molar-refractivity contribution in [1.29, 1.82) is 0 Å². The number of para-hydroxylation sites is 2. The van der Waals surface area contributed by atoms with Crippen LogP contribution in [0.3, 0.4) is 0 Å². The molecule has 0 radical (unpaired) electrons. The second-order valence-corrected chi connectivity index (χ2v) is 20.1. The molecule has 0 saturated heterocycles. The molecule has 0 spiro atoms. The number of benzene rings is 5. The van der Waals surface area contributed by atoms with E-state index in [1.54, 1.807) is 0 Å². The Kier molecular flexibility index (Phi) is 7.60. The number of anilines is 6. The molecule has 3 nitrogen and oxygen atoms in total. The molecule has 10 rings (SSSR count). The zero-order valence-corrected chi connectivity index (χ0v) is 35.4. The highest BCUT2D eigenvalue weighted by Crippen LogP contribution is 2.53. The van der Waals surface area contributed by atoms with Crippen LogP contribution >= 0.6 is 0 Å². The molecule has 0 amide bonds. The fourth-order valence-electron chi connectivity index (χ4n) is 11.1. The Morgan fingerprint density at radius 3 is 1.95 bits per heavy atom. The van der Waals surface area contributed by atoms with Crippen molar-refractivity contribution in [3.8, 4) is 0 Å². The number of fused-ring (bicyclic) bond motifs is 8. The van der Waals surface area contributed by atoms with E-state index in [1.165, 1.54) is 115 Å². The lowest BCUT2D eigenvalue weighted by atomic mass is 9.35. The molecule has 56 heavy (non-hydrogen) atoms. The molecule has 3 heterocycles. The Balaban J connectivity index is 1.39. The minimum Gasteiger partial charge on any atom is -0.468 e. The molecule has 0 unspecified atom stereocenters. The van der Waals surface area contributed by atoms with Crippen molar-refractivity contribution in [3.05, 3.63) is 124 Å². The Hall–Kier alpha value is -4.70. The van der Waals surface area contributed by atoms with Crippen LogP contribution in [0.25, 0.3) is 11.0 Å². The Morgan fingerprint density at radius 1 is 0.661 bits per heavy atom. The lowest BCUT2D eigenvalue weighted by molar-refractivity contribution is 0.332. The van der Waals surface area contributed by atoms with E-state index in [9.17, 15) is 0 Å². The van der Waals surface area contributed by atoms with Crippen LogP contribution in [0.15, 0.2) is 89.3 Å². The van der Waals surface area contributed by atoms with E-state index in [1.807, 2.05) is 0 Å². The molecule has 4 heteroatoms. The van der Waals surface area contributed by atoms with Gasteiger partial charge < -0.3 is 14.2 Å². The summed E-state index contributed by atoms with van der Waals surface area (Å²) in [6.45, 7) is 26.3. The first-order valence-electron chi connectivity index (χ1n) is 21.3. The summed E-state index contributed by atoms with van der Waals surface area (Å²) in [5.41, 5.74) is 22.3. The van der Waals surface area contributed by atoms with Crippen LogP contribution in [0.2, 0.25) is 0 Å². The second-order valence-electron chi connectivity index (χ2n) is 20.1. The largest absolute Gasteiger partial charge is 0.468 e.